The summed E-state index contributed by atoms with van der Waals surface area (Å²) in [7, 11) is 2.99. The molecule has 3 heterocycles. The minimum Gasteiger partial charge on any atom is -0.364 e. The van der Waals surface area contributed by atoms with E-state index in [0.717, 1.165) is 56.1 Å². The molecular formula is C17H26N8O2. The molecule has 0 atom stereocenters. The second-order valence-electron chi connectivity index (χ2n) is 6.63. The Bertz CT molecular complexity index is 855. The molecule has 1 saturated heterocycles. The number of hydrogen-bond acceptors (Lipinski definition) is 8. The average Bonchev–Trinajstić information content (AvgIpc) is 2.71. The number of nitrogens with zero attached hydrogens (tertiary/aromatic N) is 7. The highest BCUT2D eigenvalue weighted by atomic mass is 16.2. The van der Waals surface area contributed by atoms with Crippen molar-refractivity contribution in [2.75, 3.05) is 49.5 Å². The van der Waals surface area contributed by atoms with Crippen LogP contribution in [0.25, 0.3) is 0 Å². The summed E-state index contributed by atoms with van der Waals surface area (Å²) in [6.07, 6.45) is 5.50. The zero-order chi connectivity index (χ0) is 19.2. The molecule has 2 aromatic rings. The predicted molar refractivity (Wildman–Crippen MR) is 103 cm³/mol. The fraction of sp³-hybridized carbons (Fsp3) is 0.588. The van der Waals surface area contributed by atoms with Crippen molar-refractivity contribution in [2.24, 2.45) is 14.1 Å². The second kappa shape index (κ2) is 8.76. The third-order valence-corrected chi connectivity index (χ3v) is 4.72. The Labute approximate surface area is 157 Å². The fourth-order valence-corrected chi connectivity index (χ4v) is 3.10. The number of aryl methyl sites for hydroxylation is 1. The van der Waals surface area contributed by atoms with Gasteiger partial charge < -0.3 is 10.2 Å². The maximum Gasteiger partial charge on any atom is 0.346 e. The molecule has 1 fully saturated rings. The summed E-state index contributed by atoms with van der Waals surface area (Å²) in [5.41, 5.74) is -0.817. The Hall–Kier alpha value is -2.75. The molecule has 0 spiro atoms. The van der Waals surface area contributed by atoms with E-state index in [9.17, 15) is 9.59 Å². The second-order valence-corrected chi connectivity index (χ2v) is 6.63. The predicted octanol–water partition coefficient (Wildman–Crippen LogP) is -0.717. The molecule has 0 unspecified atom stereocenters. The number of rotatable bonds is 7. The largest absolute Gasteiger partial charge is 0.364 e. The van der Waals surface area contributed by atoms with Gasteiger partial charge in [0, 0.05) is 59.2 Å². The standard InChI is InChI=1S/C17H26N8O2/c1-22-15(26)14(21-23(2)17(22)27)18-6-3-4-9-24-10-12-25(13-11-24)16-19-7-5-8-20-16/h5,7-8H,3-4,6,9-13H2,1-2H3,(H,18,21). The van der Waals surface area contributed by atoms with Crippen LogP contribution in [0.5, 0.6) is 0 Å². The summed E-state index contributed by atoms with van der Waals surface area (Å²) in [6.45, 7) is 5.52. The highest BCUT2D eigenvalue weighted by Crippen LogP contribution is 2.10. The first kappa shape index (κ1) is 19.0. The molecule has 0 aromatic carbocycles. The zero-order valence-corrected chi connectivity index (χ0v) is 15.8. The lowest BCUT2D eigenvalue weighted by Gasteiger charge is -2.34. The molecule has 3 rings (SSSR count). The van der Waals surface area contributed by atoms with Crippen molar-refractivity contribution in [3.63, 3.8) is 0 Å². The molecule has 27 heavy (non-hydrogen) atoms. The maximum absolute atomic E-state index is 12.0. The molecule has 0 amide bonds. The molecule has 1 aliphatic heterocycles. The smallest absolute Gasteiger partial charge is 0.346 e. The lowest BCUT2D eigenvalue weighted by molar-refractivity contribution is 0.252. The Kier molecular flexibility index (Phi) is 6.17. The topological polar surface area (TPSA) is 101 Å². The zero-order valence-electron chi connectivity index (χ0n) is 15.8. The minimum absolute atomic E-state index is 0.219. The SMILES string of the molecule is Cn1nc(NCCCCN2CCN(c3ncccn3)CC2)c(=O)n(C)c1=O. The van der Waals surface area contributed by atoms with E-state index in [1.165, 1.54) is 18.8 Å². The van der Waals surface area contributed by atoms with E-state index in [1.54, 1.807) is 12.4 Å². The summed E-state index contributed by atoms with van der Waals surface area (Å²) in [4.78, 5) is 36.9. The van der Waals surface area contributed by atoms with Crippen LogP contribution in [-0.4, -0.2) is 68.5 Å². The summed E-state index contributed by atoms with van der Waals surface area (Å²) in [6, 6.07) is 1.83. The Morgan fingerprint density at radius 3 is 2.44 bits per heavy atom. The van der Waals surface area contributed by atoms with Gasteiger partial charge in [-0.05, 0) is 25.5 Å². The van der Waals surface area contributed by atoms with Gasteiger partial charge in [0.2, 0.25) is 11.8 Å². The first-order chi connectivity index (χ1) is 13.1. The van der Waals surface area contributed by atoms with Gasteiger partial charge >= 0.3 is 5.69 Å². The maximum atomic E-state index is 12.0. The van der Waals surface area contributed by atoms with Crippen molar-refractivity contribution in [1.82, 2.24) is 29.2 Å². The van der Waals surface area contributed by atoms with E-state index in [2.05, 4.69) is 30.2 Å². The van der Waals surface area contributed by atoms with Gasteiger partial charge in [-0.3, -0.25) is 14.3 Å². The monoisotopic (exact) mass is 374 g/mol. The van der Waals surface area contributed by atoms with E-state index >= 15 is 0 Å². The van der Waals surface area contributed by atoms with Crippen molar-refractivity contribution in [3.8, 4) is 0 Å². The number of aromatic nitrogens is 5. The molecule has 0 radical (unpaired) electrons. The van der Waals surface area contributed by atoms with Crippen LogP contribution >= 0.6 is 0 Å². The summed E-state index contributed by atoms with van der Waals surface area (Å²) in [5, 5.41) is 7.03. The number of piperazine rings is 1. The highest BCUT2D eigenvalue weighted by molar-refractivity contribution is 5.29. The van der Waals surface area contributed by atoms with Gasteiger partial charge in [-0.2, -0.15) is 0 Å². The van der Waals surface area contributed by atoms with Gasteiger partial charge in [-0.1, -0.05) is 0 Å². The Balaban J connectivity index is 1.37. The van der Waals surface area contributed by atoms with E-state index in [-0.39, 0.29) is 5.82 Å². The van der Waals surface area contributed by atoms with E-state index in [4.69, 9.17) is 0 Å². The number of nitrogens with one attached hydrogen (secondary N) is 1. The van der Waals surface area contributed by atoms with Crippen LogP contribution in [0.2, 0.25) is 0 Å². The summed E-state index contributed by atoms with van der Waals surface area (Å²) < 4.78 is 2.23. The molecule has 146 valence electrons. The van der Waals surface area contributed by atoms with Gasteiger partial charge in [-0.25, -0.2) is 19.4 Å². The van der Waals surface area contributed by atoms with Crippen LogP contribution in [0.3, 0.4) is 0 Å². The van der Waals surface area contributed by atoms with E-state index < -0.39 is 11.2 Å². The highest BCUT2D eigenvalue weighted by Gasteiger charge is 2.18. The third kappa shape index (κ3) is 4.70. The van der Waals surface area contributed by atoms with Gasteiger partial charge in [0.05, 0.1) is 0 Å². The van der Waals surface area contributed by atoms with Crippen molar-refractivity contribution >= 4 is 11.8 Å². The van der Waals surface area contributed by atoms with Crippen LogP contribution in [0.15, 0.2) is 28.0 Å². The average molecular weight is 374 g/mol. The molecule has 1 N–H and O–H groups in total. The van der Waals surface area contributed by atoms with Crippen molar-refractivity contribution in [2.45, 2.75) is 12.8 Å². The number of hydrogen-bond donors (Lipinski definition) is 1. The first-order valence-corrected chi connectivity index (χ1v) is 9.19. The summed E-state index contributed by atoms with van der Waals surface area (Å²) in [5.74, 6) is 1.02. The Morgan fingerprint density at radius 2 is 1.74 bits per heavy atom. The van der Waals surface area contributed by atoms with Crippen molar-refractivity contribution < 1.29 is 0 Å². The van der Waals surface area contributed by atoms with Crippen LogP contribution in [-0.2, 0) is 14.1 Å². The van der Waals surface area contributed by atoms with Gasteiger partial charge in [-0.15, -0.1) is 5.10 Å². The van der Waals surface area contributed by atoms with Gasteiger partial charge in [0.1, 0.15) is 0 Å². The number of unbranched alkanes of at least 4 members (excludes halogenated alkanes) is 1. The normalized spacial score (nSPS) is 15.1. The fourth-order valence-electron chi connectivity index (χ4n) is 3.10. The van der Waals surface area contributed by atoms with E-state index in [0.29, 0.717) is 6.54 Å². The minimum atomic E-state index is -0.425. The molecular weight excluding hydrogens is 348 g/mol. The molecule has 0 aliphatic carbocycles. The van der Waals surface area contributed by atoms with Crippen LogP contribution in [0.1, 0.15) is 12.8 Å². The summed E-state index contributed by atoms with van der Waals surface area (Å²) >= 11 is 0. The molecule has 0 bridgehead atoms. The Morgan fingerprint density at radius 1 is 1.04 bits per heavy atom. The molecule has 1 aliphatic rings. The van der Waals surface area contributed by atoms with Gasteiger partial charge in [0.15, 0.2) is 0 Å². The van der Waals surface area contributed by atoms with E-state index in [1.807, 2.05) is 6.07 Å². The molecule has 0 saturated carbocycles. The van der Waals surface area contributed by atoms with Crippen LogP contribution in [0, 0.1) is 0 Å². The van der Waals surface area contributed by atoms with Crippen LogP contribution in [0.4, 0.5) is 11.8 Å². The molecule has 10 heteroatoms. The third-order valence-electron chi connectivity index (χ3n) is 4.72. The lowest BCUT2D eigenvalue weighted by atomic mass is 10.2. The number of anilines is 2. The lowest BCUT2D eigenvalue weighted by Crippen LogP contribution is -2.47. The van der Waals surface area contributed by atoms with Crippen molar-refractivity contribution in [3.05, 3.63) is 39.3 Å². The molecule has 2 aromatic heterocycles. The van der Waals surface area contributed by atoms with Crippen molar-refractivity contribution in [1.29, 1.82) is 0 Å². The first-order valence-electron chi connectivity index (χ1n) is 9.19. The van der Waals surface area contributed by atoms with Gasteiger partial charge in [0.25, 0.3) is 5.56 Å². The quantitative estimate of drug-likeness (QED) is 0.634. The molecule has 10 nitrogen and oxygen atoms in total. The van der Waals surface area contributed by atoms with Crippen LogP contribution < -0.4 is 21.5 Å².